The van der Waals surface area contributed by atoms with Gasteiger partial charge in [-0.15, -0.1) is 0 Å². The van der Waals surface area contributed by atoms with Gasteiger partial charge in [0.25, 0.3) is 0 Å². The highest BCUT2D eigenvalue weighted by Gasteiger charge is 2.38. The van der Waals surface area contributed by atoms with Crippen LogP contribution in [0.4, 0.5) is 8.78 Å². The molecule has 592 valence electrons. The van der Waals surface area contributed by atoms with Crippen LogP contribution in [0.3, 0.4) is 0 Å². The summed E-state index contributed by atoms with van der Waals surface area (Å²) < 4.78 is 61.0. The first kappa shape index (κ1) is 91.7. The van der Waals surface area contributed by atoms with Crippen LogP contribution in [-0.4, -0.2) is 36.6 Å². The number of benzene rings is 7. The summed E-state index contributed by atoms with van der Waals surface area (Å²) in [4.78, 5) is 0. The smallest absolute Gasteiger partial charge is 0.165 e. The second-order valence-electron chi connectivity index (χ2n) is 32.3. The zero-order valence-electron chi connectivity index (χ0n) is 67.7. The van der Waals surface area contributed by atoms with E-state index in [0.717, 1.165) is 131 Å². The van der Waals surface area contributed by atoms with Gasteiger partial charge in [0, 0.05) is 5.02 Å². The third-order valence-corrected chi connectivity index (χ3v) is 23.5. The van der Waals surface area contributed by atoms with Crippen molar-refractivity contribution in [2.45, 2.75) is 264 Å². The number of ether oxygens (including phenoxy) is 6. The predicted octanol–water partition coefficient (Wildman–Crippen LogP) is 29.8. The molecule has 0 spiro atoms. The highest BCUT2D eigenvalue weighted by molar-refractivity contribution is 6.32. The highest BCUT2D eigenvalue weighted by Crippen LogP contribution is 2.48. The molecule has 107 heavy (non-hydrogen) atoms. The molecule has 0 N–H and O–H groups in total. The average Bonchev–Trinajstić information content (AvgIpc) is 0.845. The molecule has 11 heteroatoms. The van der Waals surface area contributed by atoms with E-state index in [4.69, 9.17) is 63.2 Å². The summed E-state index contributed by atoms with van der Waals surface area (Å²) in [6, 6.07) is 57.1. The van der Waals surface area contributed by atoms with Gasteiger partial charge in [-0.05, 0) is 263 Å². The van der Waals surface area contributed by atoms with E-state index in [9.17, 15) is 8.78 Å². The van der Waals surface area contributed by atoms with Gasteiger partial charge in [0.2, 0.25) is 0 Å². The summed E-state index contributed by atoms with van der Waals surface area (Å²) >= 11 is 18.2. The van der Waals surface area contributed by atoms with Crippen molar-refractivity contribution in [3.8, 4) is 34.5 Å². The topological polar surface area (TPSA) is 55.4 Å². The molecular formula is C96H137Cl3F2O6. The maximum atomic E-state index is 13.2. The minimum atomic E-state index is -0.259. The average molecular weight is 1530 g/mol. The Morgan fingerprint density at radius 3 is 0.710 bits per heavy atom. The van der Waals surface area contributed by atoms with Crippen LogP contribution in [-0.2, 0) is 0 Å². The van der Waals surface area contributed by atoms with Gasteiger partial charge in [0.05, 0.1) is 46.7 Å². The van der Waals surface area contributed by atoms with E-state index in [-0.39, 0.29) is 31.3 Å². The van der Waals surface area contributed by atoms with Crippen molar-refractivity contribution >= 4 is 34.8 Å². The Labute approximate surface area is 663 Å². The molecule has 7 aliphatic rings. The van der Waals surface area contributed by atoms with Crippen LogP contribution in [0.2, 0.25) is 15.1 Å². The first-order chi connectivity index (χ1) is 50.8. The van der Waals surface area contributed by atoms with Crippen molar-refractivity contribution < 1.29 is 37.2 Å². The molecule has 0 unspecified atom stereocenters. The zero-order chi connectivity index (χ0) is 77.4. The van der Waals surface area contributed by atoms with Gasteiger partial charge in [0.15, 0.2) is 23.1 Å². The van der Waals surface area contributed by atoms with Crippen LogP contribution in [0.15, 0.2) is 182 Å². The fourth-order valence-electron chi connectivity index (χ4n) is 14.0. The second kappa shape index (κ2) is 48.0. The lowest BCUT2D eigenvalue weighted by atomic mass is 9.67. The maximum absolute atomic E-state index is 13.2. The number of hydrogen-bond donors (Lipinski definition) is 0. The summed E-state index contributed by atoms with van der Waals surface area (Å²) in [7, 11) is 0. The van der Waals surface area contributed by atoms with Crippen LogP contribution in [0.1, 0.15) is 233 Å². The molecule has 7 aromatic rings. The summed E-state index contributed by atoms with van der Waals surface area (Å²) in [6.45, 7) is 39.8. The molecule has 7 aliphatic carbocycles. The minimum absolute atomic E-state index is 0. The van der Waals surface area contributed by atoms with Crippen molar-refractivity contribution in [3.05, 3.63) is 214 Å². The van der Waals surface area contributed by atoms with Crippen molar-refractivity contribution in [3.63, 3.8) is 0 Å². The van der Waals surface area contributed by atoms with E-state index in [2.05, 4.69) is 109 Å². The lowest BCUT2D eigenvalue weighted by molar-refractivity contribution is 0.0387. The molecule has 7 aromatic carbocycles. The lowest BCUT2D eigenvalue weighted by Crippen LogP contribution is -2.36. The van der Waals surface area contributed by atoms with Gasteiger partial charge in [-0.3, -0.25) is 0 Å². The molecule has 0 bridgehead atoms. The summed E-state index contributed by atoms with van der Waals surface area (Å²) in [5, 5.41) is 2.37. The summed E-state index contributed by atoms with van der Waals surface area (Å²) in [6.07, 6.45) is 18.6. The standard InChI is InChI=1S/2C13H17ClO.C13H17Cl.2C13H17FO.2C13H18O.2C2H6.CH4/c2*1-9(2)10-7-11(8-10)15-13-6-4-3-5-12(13)14;1-9(2)10-7-11(8-10)12-5-3-4-6-13(12)14;2*1-9(2)10-7-11(8-10)15-13-6-4-3-5-12(13)14;2*1-10(2)11-8-13(9-11)14-12-6-4-3-5-7-12;2*1-2;/h2*3-6,9-11H,7-8H2,1-2H3;3-6,9-11H,7-8H2,1-2H3;2*3-6,9-11H,7-8H2,1-2H3;2*3-7,10-11,13H,8-9H2,1-2H3;2*1-2H3;1H4. The summed E-state index contributed by atoms with van der Waals surface area (Å²) in [5.74, 6) is 15.9. The van der Waals surface area contributed by atoms with Crippen LogP contribution in [0, 0.1) is 94.5 Å². The van der Waals surface area contributed by atoms with Crippen LogP contribution in [0.25, 0.3) is 0 Å². The largest absolute Gasteiger partial charge is 0.490 e. The molecule has 14 rings (SSSR count). The predicted molar refractivity (Wildman–Crippen MR) is 452 cm³/mol. The van der Waals surface area contributed by atoms with Gasteiger partial charge in [-0.2, -0.15) is 0 Å². The Kier molecular flexibility index (Phi) is 41.1. The van der Waals surface area contributed by atoms with Crippen LogP contribution < -0.4 is 28.4 Å². The highest BCUT2D eigenvalue weighted by atomic mass is 35.5. The van der Waals surface area contributed by atoms with E-state index in [1.54, 1.807) is 36.4 Å². The molecule has 0 aromatic heterocycles. The number of rotatable bonds is 20. The molecule has 7 fully saturated rings. The Bertz CT molecular complexity index is 3140. The molecule has 0 heterocycles. The Morgan fingerprint density at radius 2 is 0.458 bits per heavy atom. The van der Waals surface area contributed by atoms with Crippen molar-refractivity contribution in [2.24, 2.45) is 82.9 Å². The van der Waals surface area contributed by atoms with E-state index >= 15 is 0 Å². The van der Waals surface area contributed by atoms with Crippen LogP contribution in [0.5, 0.6) is 34.5 Å². The molecule has 0 saturated heterocycles. The fourth-order valence-corrected chi connectivity index (χ4v) is 14.7. The van der Waals surface area contributed by atoms with Gasteiger partial charge in [0.1, 0.15) is 23.0 Å². The Morgan fingerprint density at radius 1 is 0.252 bits per heavy atom. The second-order valence-corrected chi connectivity index (χ2v) is 33.6. The van der Waals surface area contributed by atoms with Crippen molar-refractivity contribution in [1.29, 1.82) is 0 Å². The molecule has 0 radical (unpaired) electrons. The molecule has 0 aliphatic heterocycles. The molecule has 0 atom stereocenters. The molecule has 0 amide bonds. The number of hydrogen-bond acceptors (Lipinski definition) is 6. The Hall–Kier alpha value is -5.93. The summed E-state index contributed by atoms with van der Waals surface area (Å²) in [5.41, 5.74) is 1.35. The van der Waals surface area contributed by atoms with Gasteiger partial charge in [-0.1, -0.05) is 270 Å². The minimum Gasteiger partial charge on any atom is -0.490 e. The van der Waals surface area contributed by atoms with Crippen molar-refractivity contribution in [2.75, 3.05) is 0 Å². The number of para-hydroxylation sites is 6. The SMILES string of the molecule is C.CC.CC.CC(C)C1CC(Oc2ccccc2)C1.CC(C)C1CC(Oc2ccccc2)C1.CC(C)C1CC(Oc2ccccc2Cl)C1.CC(C)C1CC(Oc2ccccc2Cl)C1.CC(C)C1CC(Oc2ccccc2F)C1.CC(C)C1CC(Oc2ccccc2F)C1.CC(C)C1CC(c2ccccc2Cl)C1. The first-order valence-electron chi connectivity index (χ1n) is 40.7. The zero-order valence-corrected chi connectivity index (χ0v) is 70.0. The molecule has 7 saturated carbocycles. The van der Waals surface area contributed by atoms with Gasteiger partial charge < -0.3 is 28.4 Å². The van der Waals surface area contributed by atoms with Gasteiger partial charge in [-0.25, -0.2) is 8.78 Å². The van der Waals surface area contributed by atoms with Gasteiger partial charge >= 0.3 is 0 Å². The van der Waals surface area contributed by atoms with E-state index < -0.39 is 0 Å². The third-order valence-electron chi connectivity index (χ3n) is 22.5. The van der Waals surface area contributed by atoms with Crippen molar-refractivity contribution in [1.82, 2.24) is 0 Å². The molecule has 6 nitrogen and oxygen atoms in total. The van der Waals surface area contributed by atoms with E-state index in [1.165, 1.54) is 81.9 Å². The fraction of sp³-hybridized carbons (Fsp3) is 0.562. The third kappa shape index (κ3) is 30.7. The lowest BCUT2D eigenvalue weighted by Gasteiger charge is -2.38. The number of halogens is 5. The Balaban J connectivity index is 0.000000222. The maximum Gasteiger partial charge on any atom is 0.165 e. The molecular weight excluding hydrogens is 1390 g/mol. The quantitative estimate of drug-likeness (QED) is 0.0758. The monoisotopic (exact) mass is 1530 g/mol. The normalized spacial score (nSPS) is 24.4. The van der Waals surface area contributed by atoms with Crippen LogP contribution >= 0.6 is 34.8 Å². The van der Waals surface area contributed by atoms with E-state index in [1.807, 2.05) is 149 Å². The first-order valence-corrected chi connectivity index (χ1v) is 41.8. The van der Waals surface area contributed by atoms with E-state index in [0.29, 0.717) is 57.8 Å².